The summed E-state index contributed by atoms with van der Waals surface area (Å²) in [6.07, 6.45) is -4.84. The number of alkyl halides is 3. The first kappa shape index (κ1) is 21.9. The van der Waals surface area contributed by atoms with Crippen LogP contribution in [0.1, 0.15) is 0 Å². The van der Waals surface area contributed by atoms with Crippen LogP contribution in [0.15, 0.2) is 53.0 Å². The fourth-order valence-corrected chi connectivity index (χ4v) is 3.24. The normalized spacial score (nSPS) is 14.4. The number of nitrogens with zero attached hydrogens (tertiary/aromatic N) is 2. The first-order chi connectivity index (χ1) is 14.2. The molecule has 0 spiro atoms. The van der Waals surface area contributed by atoms with Crippen LogP contribution in [0.3, 0.4) is 0 Å². The van der Waals surface area contributed by atoms with Crippen LogP contribution in [-0.2, 0) is 9.59 Å². The Bertz CT molecular complexity index is 881. The summed E-state index contributed by atoms with van der Waals surface area (Å²) >= 11 is 3.32. The Morgan fingerprint density at radius 2 is 1.57 bits per heavy atom. The maximum absolute atomic E-state index is 12.5. The number of amides is 2. The average Bonchev–Trinajstić information content (AvgIpc) is 2.73. The summed E-state index contributed by atoms with van der Waals surface area (Å²) in [5, 5.41) is 2.72. The summed E-state index contributed by atoms with van der Waals surface area (Å²) in [6, 6.07) is 14.1. The molecule has 0 aromatic heterocycles. The van der Waals surface area contributed by atoms with Gasteiger partial charge in [-0.2, -0.15) is 13.2 Å². The fraction of sp³-hybridized carbons (Fsp3) is 0.300. The summed E-state index contributed by atoms with van der Waals surface area (Å²) in [6.45, 7) is 0.468. The molecule has 0 unspecified atom stereocenters. The van der Waals surface area contributed by atoms with Crippen molar-refractivity contribution in [3.05, 3.63) is 53.0 Å². The van der Waals surface area contributed by atoms with Crippen LogP contribution in [0, 0.1) is 0 Å². The van der Waals surface area contributed by atoms with E-state index < -0.39 is 12.1 Å². The van der Waals surface area contributed by atoms with Gasteiger partial charge in [-0.1, -0.05) is 15.9 Å². The third-order valence-electron chi connectivity index (χ3n) is 4.51. The predicted octanol–water partition coefficient (Wildman–Crippen LogP) is 3.68. The van der Waals surface area contributed by atoms with E-state index in [4.69, 9.17) is 4.74 Å². The lowest BCUT2D eigenvalue weighted by molar-refractivity contribution is -0.185. The van der Waals surface area contributed by atoms with Crippen LogP contribution in [0.2, 0.25) is 0 Å². The molecule has 2 amide bonds. The minimum absolute atomic E-state index is 0.00419. The molecule has 1 saturated heterocycles. The lowest BCUT2D eigenvalue weighted by Gasteiger charge is -2.36. The molecule has 2 aromatic rings. The Labute approximate surface area is 179 Å². The van der Waals surface area contributed by atoms with Gasteiger partial charge < -0.3 is 19.9 Å². The van der Waals surface area contributed by atoms with Crippen LogP contribution in [-0.4, -0.2) is 55.7 Å². The zero-order valence-corrected chi connectivity index (χ0v) is 17.4. The van der Waals surface area contributed by atoms with Gasteiger partial charge in [-0.15, -0.1) is 0 Å². The molecule has 6 nitrogen and oxygen atoms in total. The van der Waals surface area contributed by atoms with Crippen LogP contribution < -0.4 is 15.0 Å². The molecule has 0 radical (unpaired) electrons. The molecule has 0 atom stereocenters. The van der Waals surface area contributed by atoms with Crippen molar-refractivity contribution in [3.63, 3.8) is 0 Å². The molecule has 1 fully saturated rings. The fourth-order valence-electron chi connectivity index (χ4n) is 2.98. The molecule has 160 valence electrons. The zero-order valence-electron chi connectivity index (χ0n) is 15.8. The molecule has 0 bridgehead atoms. The largest absolute Gasteiger partial charge is 0.484 e. The van der Waals surface area contributed by atoms with Crippen LogP contribution in [0.4, 0.5) is 24.5 Å². The van der Waals surface area contributed by atoms with E-state index in [-0.39, 0.29) is 25.6 Å². The van der Waals surface area contributed by atoms with E-state index in [9.17, 15) is 22.8 Å². The molecule has 1 aliphatic heterocycles. The second-order valence-corrected chi connectivity index (χ2v) is 7.53. The maximum Gasteiger partial charge on any atom is 0.471 e. The van der Waals surface area contributed by atoms with Crippen molar-refractivity contribution in [1.29, 1.82) is 0 Å². The molecule has 2 aromatic carbocycles. The number of ether oxygens (including phenoxy) is 1. The third kappa shape index (κ3) is 5.88. The number of benzene rings is 2. The maximum atomic E-state index is 12.5. The molecule has 1 heterocycles. The highest BCUT2D eigenvalue weighted by Gasteiger charge is 2.43. The van der Waals surface area contributed by atoms with Crippen LogP contribution in [0.5, 0.6) is 5.75 Å². The van der Waals surface area contributed by atoms with Crippen LogP contribution >= 0.6 is 15.9 Å². The van der Waals surface area contributed by atoms with Gasteiger partial charge in [-0.05, 0) is 48.5 Å². The quantitative estimate of drug-likeness (QED) is 0.701. The van der Waals surface area contributed by atoms with Crippen molar-refractivity contribution in [3.8, 4) is 5.75 Å². The van der Waals surface area contributed by atoms with Crippen molar-refractivity contribution in [2.75, 3.05) is 43.0 Å². The van der Waals surface area contributed by atoms with E-state index in [0.717, 1.165) is 15.1 Å². The van der Waals surface area contributed by atoms with Crippen LogP contribution in [0.25, 0.3) is 0 Å². The number of carbonyl (C=O) groups excluding carboxylic acids is 2. The second-order valence-electron chi connectivity index (χ2n) is 6.61. The van der Waals surface area contributed by atoms with Crippen molar-refractivity contribution in [2.24, 2.45) is 0 Å². The molecule has 0 aliphatic carbocycles. The number of halogens is 4. The molecule has 30 heavy (non-hydrogen) atoms. The van der Waals surface area contributed by atoms with Gasteiger partial charge in [-0.3, -0.25) is 9.59 Å². The van der Waals surface area contributed by atoms with Gasteiger partial charge in [-0.25, -0.2) is 0 Å². The number of carbonyl (C=O) groups is 2. The van der Waals surface area contributed by atoms with Crippen molar-refractivity contribution >= 4 is 39.1 Å². The monoisotopic (exact) mass is 485 g/mol. The Morgan fingerprint density at radius 1 is 0.967 bits per heavy atom. The molecule has 1 aliphatic rings. The summed E-state index contributed by atoms with van der Waals surface area (Å²) in [4.78, 5) is 26.0. The number of rotatable bonds is 5. The summed E-state index contributed by atoms with van der Waals surface area (Å²) in [5.41, 5.74) is 1.38. The highest BCUT2D eigenvalue weighted by molar-refractivity contribution is 9.10. The lowest BCUT2D eigenvalue weighted by Crippen LogP contribution is -2.52. The van der Waals surface area contributed by atoms with Crippen molar-refractivity contribution in [1.82, 2.24) is 4.90 Å². The first-order valence-corrected chi connectivity index (χ1v) is 9.91. The third-order valence-corrected chi connectivity index (χ3v) is 5.04. The van der Waals surface area contributed by atoms with E-state index in [1.165, 1.54) is 0 Å². The van der Waals surface area contributed by atoms with Gasteiger partial charge >= 0.3 is 12.1 Å². The topological polar surface area (TPSA) is 61.9 Å². The summed E-state index contributed by atoms with van der Waals surface area (Å²) in [5.74, 6) is -1.54. The van der Waals surface area contributed by atoms with Gasteiger partial charge in [0.15, 0.2) is 6.61 Å². The lowest BCUT2D eigenvalue weighted by atomic mass is 10.2. The molecule has 1 N–H and O–H groups in total. The first-order valence-electron chi connectivity index (χ1n) is 9.12. The number of hydrogen-bond donors (Lipinski definition) is 1. The highest BCUT2D eigenvalue weighted by atomic mass is 79.9. The molecular formula is C20H19BrF3N3O3. The van der Waals surface area contributed by atoms with Gasteiger partial charge in [0.05, 0.1) is 0 Å². The number of anilines is 2. The van der Waals surface area contributed by atoms with E-state index in [1.807, 2.05) is 17.0 Å². The Kier molecular flexibility index (Phi) is 6.86. The van der Waals surface area contributed by atoms with E-state index >= 15 is 0 Å². The van der Waals surface area contributed by atoms with Gasteiger partial charge in [0.1, 0.15) is 5.75 Å². The number of piperazine rings is 1. The predicted molar refractivity (Wildman–Crippen MR) is 110 cm³/mol. The van der Waals surface area contributed by atoms with Gasteiger partial charge in [0.2, 0.25) is 0 Å². The van der Waals surface area contributed by atoms with Crippen molar-refractivity contribution in [2.45, 2.75) is 6.18 Å². The molecule has 3 rings (SSSR count). The van der Waals surface area contributed by atoms with E-state index in [2.05, 4.69) is 21.2 Å². The smallest absolute Gasteiger partial charge is 0.471 e. The molecule has 0 saturated carbocycles. The number of hydrogen-bond acceptors (Lipinski definition) is 4. The Morgan fingerprint density at radius 3 is 2.13 bits per heavy atom. The summed E-state index contributed by atoms with van der Waals surface area (Å²) in [7, 11) is 0. The SMILES string of the molecule is O=C(COc1ccc(Br)cc1)Nc1ccc(N2CCN(C(=O)C(F)(F)F)CC2)cc1. The average molecular weight is 486 g/mol. The van der Waals surface area contributed by atoms with Crippen molar-refractivity contribution < 1.29 is 27.5 Å². The Balaban J connectivity index is 1.47. The van der Waals surface area contributed by atoms with Gasteiger partial charge in [0, 0.05) is 42.0 Å². The highest BCUT2D eigenvalue weighted by Crippen LogP contribution is 2.23. The molecular weight excluding hydrogens is 467 g/mol. The Hall–Kier alpha value is -2.75. The standard InChI is InChI=1S/C20H19BrF3N3O3/c21-14-1-7-17(8-2-14)30-13-18(28)25-15-3-5-16(6-4-15)26-9-11-27(12-10-26)19(29)20(22,23)24/h1-8H,9-13H2,(H,25,28). The minimum atomic E-state index is -4.84. The van der Waals surface area contributed by atoms with E-state index in [0.29, 0.717) is 24.5 Å². The van der Waals surface area contributed by atoms with E-state index in [1.54, 1.807) is 36.4 Å². The minimum Gasteiger partial charge on any atom is -0.484 e. The second kappa shape index (κ2) is 9.38. The summed E-state index contributed by atoms with van der Waals surface area (Å²) < 4.78 is 43.9. The number of nitrogens with one attached hydrogen (secondary N) is 1. The zero-order chi connectivity index (χ0) is 21.7. The molecule has 10 heteroatoms. The van der Waals surface area contributed by atoms with Gasteiger partial charge in [0.25, 0.3) is 5.91 Å².